The third-order valence-electron chi connectivity index (χ3n) is 2.59. The Balaban J connectivity index is 2.59. The first-order chi connectivity index (χ1) is 7.52. The molecule has 0 aliphatic rings. The summed E-state index contributed by atoms with van der Waals surface area (Å²) < 4.78 is 5.52. The molecule has 0 saturated carbocycles. The second-order valence-corrected chi connectivity index (χ2v) is 4.35. The Kier molecular flexibility index (Phi) is 4.62. The summed E-state index contributed by atoms with van der Waals surface area (Å²) in [6.07, 6.45) is 0.281. The van der Waals surface area contributed by atoms with E-state index < -0.39 is 0 Å². The van der Waals surface area contributed by atoms with Crippen molar-refractivity contribution in [1.29, 1.82) is 0 Å². The molecule has 0 radical (unpaired) electrons. The van der Waals surface area contributed by atoms with Crippen LogP contribution in [-0.2, 0) is 4.74 Å². The lowest BCUT2D eigenvalue weighted by atomic mass is 10.1. The van der Waals surface area contributed by atoms with Gasteiger partial charge in [0.15, 0.2) is 0 Å². The van der Waals surface area contributed by atoms with E-state index in [1.165, 1.54) is 0 Å². The molecule has 90 valence electrons. The van der Waals surface area contributed by atoms with E-state index in [9.17, 15) is 0 Å². The molecule has 0 aliphatic carbocycles. The minimum atomic E-state index is 0.281. The standard InChI is InChI=1S/C13H22N2O/c1-10(2)16-9-8-15(4)12-7-5-6-11(3)13(12)14/h5-7,10H,8-9,14H2,1-4H3. The summed E-state index contributed by atoms with van der Waals surface area (Å²) in [6, 6.07) is 6.09. The van der Waals surface area contributed by atoms with Gasteiger partial charge in [-0.05, 0) is 32.4 Å². The Morgan fingerprint density at radius 3 is 2.69 bits per heavy atom. The molecule has 0 spiro atoms. The molecule has 1 rings (SSSR count). The van der Waals surface area contributed by atoms with Crippen LogP contribution in [0.2, 0.25) is 0 Å². The highest BCUT2D eigenvalue weighted by Crippen LogP contribution is 2.24. The molecule has 0 bridgehead atoms. The zero-order valence-corrected chi connectivity index (χ0v) is 10.7. The number of likely N-dealkylation sites (N-methyl/N-ethyl adjacent to an activating group) is 1. The van der Waals surface area contributed by atoms with Crippen molar-refractivity contribution in [2.45, 2.75) is 26.9 Å². The molecular formula is C13H22N2O. The summed E-state index contributed by atoms with van der Waals surface area (Å²) in [5.74, 6) is 0. The van der Waals surface area contributed by atoms with Gasteiger partial charge < -0.3 is 15.4 Å². The normalized spacial score (nSPS) is 10.8. The molecule has 0 unspecified atom stereocenters. The fraction of sp³-hybridized carbons (Fsp3) is 0.538. The van der Waals surface area contributed by atoms with Gasteiger partial charge in [0, 0.05) is 13.6 Å². The van der Waals surface area contributed by atoms with Crippen LogP contribution in [0, 0.1) is 6.92 Å². The smallest absolute Gasteiger partial charge is 0.0644 e. The van der Waals surface area contributed by atoms with Gasteiger partial charge in [0.25, 0.3) is 0 Å². The van der Waals surface area contributed by atoms with Crippen LogP contribution < -0.4 is 10.6 Å². The van der Waals surface area contributed by atoms with Crippen molar-refractivity contribution >= 4 is 11.4 Å². The van der Waals surface area contributed by atoms with Crippen molar-refractivity contribution < 1.29 is 4.74 Å². The Morgan fingerprint density at radius 2 is 2.06 bits per heavy atom. The Bertz CT molecular complexity index is 337. The number of nitrogen functional groups attached to an aromatic ring is 1. The monoisotopic (exact) mass is 222 g/mol. The molecule has 16 heavy (non-hydrogen) atoms. The average molecular weight is 222 g/mol. The first-order valence-corrected chi connectivity index (χ1v) is 5.70. The van der Waals surface area contributed by atoms with E-state index in [2.05, 4.69) is 4.90 Å². The predicted molar refractivity (Wildman–Crippen MR) is 69.9 cm³/mol. The summed E-state index contributed by atoms with van der Waals surface area (Å²) in [7, 11) is 2.04. The number of hydrogen-bond donors (Lipinski definition) is 1. The van der Waals surface area contributed by atoms with Gasteiger partial charge in [-0.3, -0.25) is 0 Å². The van der Waals surface area contributed by atoms with E-state index in [1.807, 2.05) is 46.0 Å². The Hall–Kier alpha value is -1.22. The molecule has 3 heteroatoms. The van der Waals surface area contributed by atoms with Crippen LogP contribution in [0.5, 0.6) is 0 Å². The molecule has 0 fully saturated rings. The molecule has 0 aliphatic heterocycles. The van der Waals surface area contributed by atoms with Crippen molar-refractivity contribution in [2.24, 2.45) is 0 Å². The number of nitrogens with two attached hydrogens (primary N) is 1. The third-order valence-corrected chi connectivity index (χ3v) is 2.59. The van der Waals surface area contributed by atoms with Crippen molar-refractivity contribution in [3.8, 4) is 0 Å². The van der Waals surface area contributed by atoms with Crippen LogP contribution in [0.15, 0.2) is 18.2 Å². The highest BCUT2D eigenvalue weighted by Gasteiger charge is 2.06. The zero-order chi connectivity index (χ0) is 12.1. The second kappa shape index (κ2) is 5.75. The second-order valence-electron chi connectivity index (χ2n) is 4.35. The molecule has 1 aromatic rings. The van der Waals surface area contributed by atoms with E-state index in [0.717, 1.165) is 30.1 Å². The predicted octanol–water partition coefficient (Wildman–Crippen LogP) is 2.44. The summed E-state index contributed by atoms with van der Waals surface area (Å²) >= 11 is 0. The van der Waals surface area contributed by atoms with Gasteiger partial charge in [-0.1, -0.05) is 12.1 Å². The fourth-order valence-corrected chi connectivity index (χ4v) is 1.54. The van der Waals surface area contributed by atoms with Gasteiger partial charge in [0.2, 0.25) is 0 Å². The van der Waals surface area contributed by atoms with E-state index in [1.54, 1.807) is 0 Å². The molecule has 0 aromatic heterocycles. The van der Waals surface area contributed by atoms with Crippen molar-refractivity contribution in [3.63, 3.8) is 0 Å². The largest absolute Gasteiger partial charge is 0.397 e. The van der Waals surface area contributed by atoms with Gasteiger partial charge >= 0.3 is 0 Å². The van der Waals surface area contributed by atoms with Crippen LogP contribution >= 0.6 is 0 Å². The maximum absolute atomic E-state index is 6.03. The highest BCUT2D eigenvalue weighted by atomic mass is 16.5. The summed E-state index contributed by atoms with van der Waals surface area (Å²) in [5.41, 5.74) is 9.08. The number of benzene rings is 1. The minimum Gasteiger partial charge on any atom is -0.397 e. The topological polar surface area (TPSA) is 38.5 Å². The number of hydrogen-bond acceptors (Lipinski definition) is 3. The SMILES string of the molecule is Cc1cccc(N(C)CCOC(C)C)c1N. The lowest BCUT2D eigenvalue weighted by Gasteiger charge is -2.22. The average Bonchev–Trinajstić information content (AvgIpc) is 2.21. The van der Waals surface area contributed by atoms with Crippen LogP contribution in [0.3, 0.4) is 0 Å². The first-order valence-electron chi connectivity index (χ1n) is 5.70. The van der Waals surface area contributed by atoms with Crippen LogP contribution in [0.1, 0.15) is 19.4 Å². The molecule has 0 saturated heterocycles. The van der Waals surface area contributed by atoms with Crippen LogP contribution in [0.25, 0.3) is 0 Å². The molecular weight excluding hydrogens is 200 g/mol. The molecule has 0 atom stereocenters. The summed E-state index contributed by atoms with van der Waals surface area (Å²) in [6.45, 7) is 7.69. The number of para-hydroxylation sites is 1. The molecule has 1 aromatic carbocycles. The quantitative estimate of drug-likeness (QED) is 0.778. The van der Waals surface area contributed by atoms with Gasteiger partial charge in [-0.2, -0.15) is 0 Å². The summed E-state index contributed by atoms with van der Waals surface area (Å²) in [4.78, 5) is 2.13. The number of ether oxygens (including phenoxy) is 1. The van der Waals surface area contributed by atoms with Gasteiger partial charge in [-0.15, -0.1) is 0 Å². The molecule has 3 nitrogen and oxygen atoms in total. The minimum absolute atomic E-state index is 0.281. The molecule has 0 amide bonds. The first kappa shape index (κ1) is 12.8. The summed E-state index contributed by atoms with van der Waals surface area (Å²) in [5, 5.41) is 0. The van der Waals surface area contributed by atoms with E-state index >= 15 is 0 Å². The lowest BCUT2D eigenvalue weighted by Crippen LogP contribution is -2.24. The van der Waals surface area contributed by atoms with Gasteiger partial charge in [0.1, 0.15) is 0 Å². The van der Waals surface area contributed by atoms with Crippen LogP contribution in [0.4, 0.5) is 11.4 Å². The zero-order valence-electron chi connectivity index (χ0n) is 10.7. The van der Waals surface area contributed by atoms with Gasteiger partial charge in [-0.25, -0.2) is 0 Å². The highest BCUT2D eigenvalue weighted by molar-refractivity contribution is 5.70. The molecule has 2 N–H and O–H groups in total. The van der Waals surface area contributed by atoms with Gasteiger partial charge in [0.05, 0.1) is 24.1 Å². The number of nitrogens with zero attached hydrogens (tertiary/aromatic N) is 1. The fourth-order valence-electron chi connectivity index (χ4n) is 1.54. The van der Waals surface area contributed by atoms with Crippen molar-refractivity contribution in [3.05, 3.63) is 23.8 Å². The van der Waals surface area contributed by atoms with Crippen LogP contribution in [-0.4, -0.2) is 26.3 Å². The lowest BCUT2D eigenvalue weighted by molar-refractivity contribution is 0.0846. The van der Waals surface area contributed by atoms with Crippen molar-refractivity contribution in [1.82, 2.24) is 0 Å². The third kappa shape index (κ3) is 3.42. The number of rotatable bonds is 5. The number of anilines is 2. The maximum atomic E-state index is 6.03. The van der Waals surface area contributed by atoms with E-state index in [-0.39, 0.29) is 6.10 Å². The number of aryl methyl sites for hydroxylation is 1. The van der Waals surface area contributed by atoms with E-state index in [4.69, 9.17) is 10.5 Å². The molecule has 0 heterocycles. The van der Waals surface area contributed by atoms with E-state index in [0.29, 0.717) is 0 Å². The Labute approximate surface area is 98.2 Å². The van der Waals surface area contributed by atoms with Crippen molar-refractivity contribution in [2.75, 3.05) is 30.8 Å². The Morgan fingerprint density at radius 1 is 1.38 bits per heavy atom. The maximum Gasteiger partial charge on any atom is 0.0644 e.